The van der Waals surface area contributed by atoms with Crippen molar-refractivity contribution < 1.29 is 0 Å². The molecule has 1 nitrogen and oxygen atoms in total. The Kier molecular flexibility index (Phi) is 3.24. The first kappa shape index (κ1) is 9.97. The van der Waals surface area contributed by atoms with Crippen molar-refractivity contribution in [2.45, 2.75) is 27.7 Å². The number of hydrogen-bond acceptors (Lipinski definition) is 1. The highest BCUT2D eigenvalue weighted by molar-refractivity contribution is 5.63. The molecule has 0 aliphatic carbocycles. The van der Waals surface area contributed by atoms with Crippen LogP contribution in [0.2, 0.25) is 0 Å². The van der Waals surface area contributed by atoms with Crippen LogP contribution in [0.25, 0.3) is 5.57 Å². The van der Waals surface area contributed by atoms with Gasteiger partial charge < -0.3 is 0 Å². The molecule has 0 aliphatic rings. The van der Waals surface area contributed by atoms with E-state index in [-0.39, 0.29) is 0 Å². The molecule has 0 amide bonds. The molecule has 1 heterocycles. The van der Waals surface area contributed by atoms with Crippen molar-refractivity contribution in [2.75, 3.05) is 0 Å². The lowest BCUT2D eigenvalue weighted by Crippen LogP contribution is -1.96. The molecule has 0 radical (unpaired) electrons. The molecule has 0 saturated heterocycles. The van der Waals surface area contributed by atoms with Crippen molar-refractivity contribution in [1.29, 1.82) is 0 Å². The minimum atomic E-state index is 0.542. The minimum Gasteiger partial charge on any atom is -0.256 e. The summed E-state index contributed by atoms with van der Waals surface area (Å²) in [6, 6.07) is 4.19. The maximum Gasteiger partial charge on any atom is 0.0661 e. The van der Waals surface area contributed by atoms with Crippen molar-refractivity contribution in [3.8, 4) is 0 Å². The Balaban J connectivity index is 3.00. The second-order valence-corrected chi connectivity index (χ2v) is 3.62. The van der Waals surface area contributed by atoms with Gasteiger partial charge in [-0.25, -0.2) is 0 Å². The number of aromatic nitrogens is 1. The predicted molar refractivity (Wildman–Crippen MR) is 57.5 cm³/mol. The molecule has 0 fully saturated rings. The Morgan fingerprint density at radius 1 is 1.38 bits per heavy atom. The lowest BCUT2D eigenvalue weighted by Gasteiger charge is -2.09. The fourth-order valence-corrected chi connectivity index (χ4v) is 1.42. The smallest absolute Gasteiger partial charge is 0.0661 e. The first-order valence-corrected chi connectivity index (χ1v) is 4.74. The van der Waals surface area contributed by atoms with Gasteiger partial charge >= 0.3 is 0 Å². The van der Waals surface area contributed by atoms with Crippen LogP contribution in [-0.2, 0) is 0 Å². The normalized spacial score (nSPS) is 12.2. The second-order valence-electron chi connectivity index (χ2n) is 3.62. The molecule has 0 atom stereocenters. The third-order valence-electron chi connectivity index (χ3n) is 2.14. The van der Waals surface area contributed by atoms with E-state index in [1.165, 1.54) is 11.1 Å². The summed E-state index contributed by atoms with van der Waals surface area (Å²) >= 11 is 0. The van der Waals surface area contributed by atoms with Crippen LogP contribution in [0.4, 0.5) is 0 Å². The maximum atomic E-state index is 4.40. The van der Waals surface area contributed by atoms with Gasteiger partial charge in [0.05, 0.1) is 5.69 Å². The first-order valence-electron chi connectivity index (χ1n) is 4.74. The molecule has 0 saturated carbocycles. The number of allylic oxidation sites excluding steroid dienone is 2. The zero-order chi connectivity index (χ0) is 9.84. The zero-order valence-corrected chi connectivity index (χ0v) is 8.83. The predicted octanol–water partition coefficient (Wildman–Crippen LogP) is 3.45. The van der Waals surface area contributed by atoms with Crippen molar-refractivity contribution in [3.63, 3.8) is 0 Å². The van der Waals surface area contributed by atoms with Crippen LogP contribution in [0.5, 0.6) is 0 Å². The van der Waals surface area contributed by atoms with Crippen molar-refractivity contribution in [2.24, 2.45) is 5.92 Å². The number of aryl methyl sites for hydroxylation is 1. The van der Waals surface area contributed by atoms with Gasteiger partial charge in [-0.2, -0.15) is 0 Å². The summed E-state index contributed by atoms with van der Waals surface area (Å²) in [5.74, 6) is 0.542. The van der Waals surface area contributed by atoms with Gasteiger partial charge in [0.25, 0.3) is 0 Å². The maximum absolute atomic E-state index is 4.40. The SMILES string of the molecule is C/C=C(/c1ccc(C)cn1)C(C)C. The quantitative estimate of drug-likeness (QED) is 0.671. The van der Waals surface area contributed by atoms with Crippen LogP contribution in [-0.4, -0.2) is 4.98 Å². The second kappa shape index (κ2) is 4.22. The van der Waals surface area contributed by atoms with Gasteiger partial charge in [-0.3, -0.25) is 4.98 Å². The number of pyridine rings is 1. The fourth-order valence-electron chi connectivity index (χ4n) is 1.42. The molecular weight excluding hydrogens is 158 g/mol. The molecule has 0 bridgehead atoms. The van der Waals surface area contributed by atoms with E-state index in [4.69, 9.17) is 0 Å². The molecule has 1 aromatic rings. The average Bonchev–Trinajstić information content (AvgIpc) is 2.09. The van der Waals surface area contributed by atoms with Crippen LogP contribution in [0, 0.1) is 12.8 Å². The zero-order valence-electron chi connectivity index (χ0n) is 8.83. The summed E-state index contributed by atoms with van der Waals surface area (Å²) in [7, 11) is 0. The third-order valence-corrected chi connectivity index (χ3v) is 2.14. The fraction of sp³-hybridized carbons (Fsp3) is 0.417. The summed E-state index contributed by atoms with van der Waals surface area (Å²) in [5, 5.41) is 0. The lowest BCUT2D eigenvalue weighted by molar-refractivity contribution is 0.846. The number of rotatable bonds is 2. The Labute approximate surface area is 80.5 Å². The van der Waals surface area contributed by atoms with Crippen molar-refractivity contribution in [3.05, 3.63) is 35.7 Å². The topological polar surface area (TPSA) is 12.9 Å². The molecule has 0 spiro atoms. The molecular formula is C12H17N. The van der Waals surface area contributed by atoms with E-state index >= 15 is 0 Å². The van der Waals surface area contributed by atoms with Crippen molar-refractivity contribution in [1.82, 2.24) is 4.98 Å². The van der Waals surface area contributed by atoms with Gasteiger partial charge in [0.2, 0.25) is 0 Å². The third kappa shape index (κ3) is 2.41. The average molecular weight is 175 g/mol. The molecule has 0 aromatic carbocycles. The van der Waals surface area contributed by atoms with Crippen LogP contribution in [0.1, 0.15) is 32.0 Å². The molecule has 70 valence electrons. The van der Waals surface area contributed by atoms with Gasteiger partial charge in [0.15, 0.2) is 0 Å². The van der Waals surface area contributed by atoms with E-state index in [2.05, 4.69) is 50.9 Å². The molecule has 13 heavy (non-hydrogen) atoms. The van der Waals surface area contributed by atoms with E-state index in [0.29, 0.717) is 5.92 Å². The van der Waals surface area contributed by atoms with E-state index in [1.54, 1.807) is 0 Å². The summed E-state index contributed by atoms with van der Waals surface area (Å²) < 4.78 is 0. The van der Waals surface area contributed by atoms with E-state index in [0.717, 1.165) is 5.69 Å². The monoisotopic (exact) mass is 175 g/mol. The first-order chi connectivity index (χ1) is 6.15. The largest absolute Gasteiger partial charge is 0.256 e. The van der Waals surface area contributed by atoms with Crippen LogP contribution >= 0.6 is 0 Å². The van der Waals surface area contributed by atoms with Gasteiger partial charge in [-0.1, -0.05) is 26.0 Å². The lowest BCUT2D eigenvalue weighted by atomic mass is 9.99. The Morgan fingerprint density at radius 2 is 2.08 bits per heavy atom. The molecule has 1 rings (SSSR count). The van der Waals surface area contributed by atoms with Gasteiger partial charge in [-0.05, 0) is 37.0 Å². The summed E-state index contributed by atoms with van der Waals surface area (Å²) in [4.78, 5) is 4.40. The molecule has 1 aromatic heterocycles. The van der Waals surface area contributed by atoms with Crippen molar-refractivity contribution >= 4 is 5.57 Å². The summed E-state index contributed by atoms with van der Waals surface area (Å²) in [6.45, 7) is 8.51. The molecule has 0 unspecified atom stereocenters. The Morgan fingerprint density at radius 3 is 2.46 bits per heavy atom. The van der Waals surface area contributed by atoms with Crippen LogP contribution in [0.3, 0.4) is 0 Å². The highest BCUT2D eigenvalue weighted by Gasteiger charge is 2.05. The molecule has 0 aliphatic heterocycles. The number of nitrogens with zero attached hydrogens (tertiary/aromatic N) is 1. The highest BCUT2D eigenvalue weighted by atomic mass is 14.7. The van der Waals surface area contributed by atoms with E-state index in [1.807, 2.05) is 6.20 Å². The summed E-state index contributed by atoms with van der Waals surface area (Å²) in [6.07, 6.45) is 4.06. The summed E-state index contributed by atoms with van der Waals surface area (Å²) in [5.41, 5.74) is 3.63. The Bertz CT molecular complexity index is 293. The van der Waals surface area contributed by atoms with E-state index < -0.39 is 0 Å². The number of hydrogen-bond donors (Lipinski definition) is 0. The van der Waals surface area contributed by atoms with Gasteiger partial charge in [0.1, 0.15) is 0 Å². The van der Waals surface area contributed by atoms with Gasteiger partial charge in [-0.15, -0.1) is 0 Å². The molecule has 0 N–H and O–H groups in total. The standard InChI is InChI=1S/C12H17N/c1-5-11(9(2)3)12-7-6-10(4)8-13-12/h5-9H,1-4H3/b11-5+. The van der Waals surface area contributed by atoms with Crippen LogP contribution < -0.4 is 0 Å². The van der Waals surface area contributed by atoms with E-state index in [9.17, 15) is 0 Å². The van der Waals surface area contributed by atoms with Crippen LogP contribution in [0.15, 0.2) is 24.4 Å². The highest BCUT2D eigenvalue weighted by Crippen LogP contribution is 2.20. The minimum absolute atomic E-state index is 0.542. The molecule has 1 heteroatoms. The Hall–Kier alpha value is -1.11. The van der Waals surface area contributed by atoms with Gasteiger partial charge in [0, 0.05) is 6.20 Å².